The summed E-state index contributed by atoms with van der Waals surface area (Å²) in [4.78, 5) is 0. The van der Waals surface area contributed by atoms with E-state index in [0.717, 1.165) is 7.11 Å². The van der Waals surface area contributed by atoms with Gasteiger partial charge in [0.1, 0.15) is 0 Å². The molecular weight excluding hydrogens is 164 g/mol. The maximum atomic E-state index is 7.00. The molecule has 86 valence electrons. The van der Waals surface area contributed by atoms with Crippen molar-refractivity contribution in [3.63, 3.8) is 0 Å². The number of hydrogen-bond acceptors (Lipinski definition) is 2. The van der Waals surface area contributed by atoms with Crippen molar-refractivity contribution < 1.29 is 9.84 Å². The van der Waals surface area contributed by atoms with Crippen molar-refractivity contribution in [1.29, 1.82) is 0 Å². The molecule has 0 amide bonds. The average molecular weight is 194 g/mol. The summed E-state index contributed by atoms with van der Waals surface area (Å²) in [5.74, 6) is 0. The molecule has 2 nitrogen and oxygen atoms in total. The average Bonchev–Trinajstić information content (AvgIpc) is 2.11. The maximum Gasteiger partial charge on any atom is 0.0351 e. The topological polar surface area (TPSA) is 29.5 Å². The molecule has 0 aliphatic carbocycles. The zero-order valence-corrected chi connectivity index (χ0v) is 9.39. The fourth-order valence-electron chi connectivity index (χ4n) is 0.677. The van der Waals surface area contributed by atoms with Crippen molar-refractivity contribution in [2.24, 2.45) is 0 Å². The van der Waals surface area contributed by atoms with Crippen molar-refractivity contribution >= 4 is 0 Å². The molecule has 0 saturated heterocycles. The number of ether oxygens (including phenoxy) is 1. The molecule has 0 saturated carbocycles. The fourth-order valence-corrected chi connectivity index (χ4v) is 0.677. The van der Waals surface area contributed by atoms with Gasteiger partial charge in [0.15, 0.2) is 0 Å². The number of aliphatic hydroxyl groups excluding tert-OH is 1. The highest BCUT2D eigenvalue weighted by molar-refractivity contribution is 4.35. The smallest absolute Gasteiger partial charge is 0.0351 e. The first-order valence-electron chi connectivity index (χ1n) is 4.68. The predicted octanol–water partition coefficient (Wildman–Crippen LogP) is 3.48. The van der Waals surface area contributed by atoms with Gasteiger partial charge in [-0.1, -0.05) is 53.4 Å². The largest absolute Gasteiger partial charge is 0.400 e. The van der Waals surface area contributed by atoms with E-state index in [2.05, 4.69) is 18.6 Å². The third-order valence-corrected chi connectivity index (χ3v) is 1.21. The molecule has 0 aromatic rings. The molecule has 0 radical (unpaired) electrons. The molecule has 0 atom stereocenters. The van der Waals surface area contributed by atoms with E-state index < -0.39 is 0 Å². The van der Waals surface area contributed by atoms with Crippen LogP contribution in [0.2, 0.25) is 0 Å². The summed E-state index contributed by atoms with van der Waals surface area (Å²) in [5.41, 5.74) is 0. The van der Waals surface area contributed by atoms with Crippen LogP contribution >= 0.6 is 0 Å². The summed E-state index contributed by atoms with van der Waals surface area (Å²) in [7, 11) is 4.25. The first-order chi connectivity index (χ1) is 5.83. The van der Waals surface area contributed by atoms with Crippen LogP contribution in [-0.4, -0.2) is 26.4 Å². The van der Waals surface area contributed by atoms with Gasteiger partial charge < -0.3 is 9.84 Å². The standard InChI is InChI=1S/C7H16.C2H6O.CH4O.CH4/c1-3-5-7-6-4-2;1-3-2;1-2;/h3-7H2,1-2H3;1-2H3;2H,1H3;1H4. The first-order valence-corrected chi connectivity index (χ1v) is 4.68. The molecule has 1 N–H and O–H groups in total. The van der Waals surface area contributed by atoms with Gasteiger partial charge in [0.2, 0.25) is 0 Å². The van der Waals surface area contributed by atoms with E-state index in [4.69, 9.17) is 5.11 Å². The minimum absolute atomic E-state index is 0. The van der Waals surface area contributed by atoms with E-state index in [1.807, 2.05) is 0 Å². The summed E-state index contributed by atoms with van der Waals surface area (Å²) in [6.07, 6.45) is 7.01. The molecule has 0 aliphatic heterocycles. The number of hydrogen-bond donors (Lipinski definition) is 1. The van der Waals surface area contributed by atoms with Gasteiger partial charge in [0.05, 0.1) is 0 Å². The van der Waals surface area contributed by atoms with Crippen LogP contribution in [0.15, 0.2) is 0 Å². The lowest BCUT2D eigenvalue weighted by molar-refractivity contribution is 0.277. The molecule has 0 heterocycles. The normalized spacial score (nSPS) is 6.92. The Hall–Kier alpha value is -0.0800. The minimum Gasteiger partial charge on any atom is -0.400 e. The van der Waals surface area contributed by atoms with Gasteiger partial charge in [-0.2, -0.15) is 0 Å². The molecule has 0 spiro atoms. The van der Waals surface area contributed by atoms with E-state index in [1.165, 1.54) is 32.1 Å². The van der Waals surface area contributed by atoms with Gasteiger partial charge in [0.25, 0.3) is 0 Å². The molecule has 13 heavy (non-hydrogen) atoms. The van der Waals surface area contributed by atoms with Crippen molar-refractivity contribution in [3.8, 4) is 0 Å². The second kappa shape index (κ2) is 40.6. The molecule has 0 bridgehead atoms. The Morgan fingerprint density at radius 1 is 0.846 bits per heavy atom. The van der Waals surface area contributed by atoms with E-state index in [1.54, 1.807) is 14.2 Å². The summed E-state index contributed by atoms with van der Waals surface area (Å²) < 4.78 is 4.25. The number of rotatable bonds is 4. The Morgan fingerprint density at radius 2 is 1.08 bits per heavy atom. The second-order valence-corrected chi connectivity index (χ2v) is 2.47. The predicted molar refractivity (Wildman–Crippen MR) is 62.2 cm³/mol. The summed E-state index contributed by atoms with van der Waals surface area (Å²) in [6.45, 7) is 4.49. The Kier molecular flexibility index (Phi) is 72.0. The van der Waals surface area contributed by atoms with E-state index in [0.29, 0.717) is 0 Å². The van der Waals surface area contributed by atoms with Crippen molar-refractivity contribution in [2.75, 3.05) is 21.3 Å². The van der Waals surface area contributed by atoms with Gasteiger partial charge in [-0.05, 0) is 0 Å². The van der Waals surface area contributed by atoms with Crippen LogP contribution in [0.4, 0.5) is 0 Å². The highest BCUT2D eigenvalue weighted by Gasteiger charge is 1.80. The monoisotopic (exact) mass is 194 g/mol. The van der Waals surface area contributed by atoms with Gasteiger partial charge in [-0.3, -0.25) is 0 Å². The molecule has 0 aromatic carbocycles. The lowest BCUT2D eigenvalue weighted by Gasteiger charge is -1.90. The second-order valence-electron chi connectivity index (χ2n) is 2.47. The van der Waals surface area contributed by atoms with Gasteiger partial charge in [0, 0.05) is 21.3 Å². The summed E-state index contributed by atoms with van der Waals surface area (Å²) in [6, 6.07) is 0. The van der Waals surface area contributed by atoms with Crippen molar-refractivity contribution in [1.82, 2.24) is 0 Å². The Bertz CT molecular complexity index is 35.1. The van der Waals surface area contributed by atoms with E-state index >= 15 is 0 Å². The van der Waals surface area contributed by atoms with Gasteiger partial charge in [-0.15, -0.1) is 0 Å². The highest BCUT2D eigenvalue weighted by atomic mass is 16.4. The zero-order valence-electron chi connectivity index (χ0n) is 9.39. The molecular formula is C11H30O2. The Balaban J connectivity index is -0.0000000581. The quantitative estimate of drug-likeness (QED) is 0.694. The minimum atomic E-state index is 0. The molecule has 0 rings (SSSR count). The Labute approximate surface area is 85.3 Å². The maximum absolute atomic E-state index is 7.00. The lowest BCUT2D eigenvalue weighted by atomic mass is 10.2. The van der Waals surface area contributed by atoms with Gasteiger partial charge in [-0.25, -0.2) is 0 Å². The van der Waals surface area contributed by atoms with Crippen LogP contribution in [0.25, 0.3) is 0 Å². The number of aliphatic hydroxyl groups is 1. The lowest BCUT2D eigenvalue weighted by Crippen LogP contribution is -1.70. The van der Waals surface area contributed by atoms with Crippen LogP contribution < -0.4 is 0 Å². The number of unbranched alkanes of at least 4 members (excludes halogenated alkanes) is 4. The molecule has 2 heteroatoms. The summed E-state index contributed by atoms with van der Waals surface area (Å²) >= 11 is 0. The summed E-state index contributed by atoms with van der Waals surface area (Å²) in [5, 5.41) is 7.00. The number of methoxy groups -OCH3 is 1. The molecule has 0 aliphatic rings. The Morgan fingerprint density at radius 3 is 1.23 bits per heavy atom. The molecule has 0 fully saturated rings. The van der Waals surface area contributed by atoms with Crippen molar-refractivity contribution in [3.05, 3.63) is 0 Å². The van der Waals surface area contributed by atoms with Crippen LogP contribution in [0.5, 0.6) is 0 Å². The van der Waals surface area contributed by atoms with Crippen LogP contribution in [0.3, 0.4) is 0 Å². The van der Waals surface area contributed by atoms with Crippen molar-refractivity contribution in [2.45, 2.75) is 53.4 Å². The van der Waals surface area contributed by atoms with E-state index in [9.17, 15) is 0 Å². The van der Waals surface area contributed by atoms with Crippen LogP contribution in [-0.2, 0) is 4.74 Å². The fraction of sp³-hybridized carbons (Fsp3) is 1.00. The third kappa shape index (κ3) is 76.3. The highest BCUT2D eigenvalue weighted by Crippen LogP contribution is 2.00. The third-order valence-electron chi connectivity index (χ3n) is 1.21. The van der Waals surface area contributed by atoms with Crippen LogP contribution in [0.1, 0.15) is 53.4 Å². The molecule has 0 unspecified atom stereocenters. The molecule has 0 aromatic heterocycles. The SMILES string of the molecule is C.CCCCCCC.CO.COC. The zero-order chi connectivity index (χ0) is 10.2. The first kappa shape index (κ1) is 23.1. The van der Waals surface area contributed by atoms with E-state index in [-0.39, 0.29) is 7.43 Å². The van der Waals surface area contributed by atoms with Crippen LogP contribution in [0, 0.1) is 0 Å². The van der Waals surface area contributed by atoms with Gasteiger partial charge >= 0.3 is 0 Å².